The molecule has 6 heteroatoms. The minimum Gasteiger partial charge on any atom is -0.490 e. The number of carbonyl (C=O) groups is 1. The zero-order valence-corrected chi connectivity index (χ0v) is 16.1. The van der Waals surface area contributed by atoms with Gasteiger partial charge >= 0.3 is 0 Å². The third kappa shape index (κ3) is 4.89. The monoisotopic (exact) mass is 360 g/mol. The Morgan fingerprint density at radius 3 is 2.65 bits per heavy atom. The van der Waals surface area contributed by atoms with Crippen LogP contribution in [-0.4, -0.2) is 81.7 Å². The highest BCUT2D eigenvalue weighted by atomic mass is 16.5. The molecule has 2 heterocycles. The van der Waals surface area contributed by atoms with Gasteiger partial charge in [-0.1, -0.05) is 18.6 Å². The number of anilines is 1. The number of para-hydroxylation sites is 2. The second kappa shape index (κ2) is 9.24. The topological polar surface area (TPSA) is 48.1 Å². The van der Waals surface area contributed by atoms with Gasteiger partial charge in [0.2, 0.25) is 5.91 Å². The molecule has 1 aromatic carbocycles. The molecule has 2 fully saturated rings. The number of hydrogen-bond donors (Lipinski definition) is 1. The van der Waals surface area contributed by atoms with Gasteiger partial charge in [0.15, 0.2) is 0 Å². The van der Waals surface area contributed by atoms with Crippen molar-refractivity contribution in [3.05, 3.63) is 24.3 Å². The maximum Gasteiger partial charge on any atom is 0.239 e. The van der Waals surface area contributed by atoms with Gasteiger partial charge in [-0.3, -0.25) is 4.79 Å². The fraction of sp³-hybridized carbons (Fsp3) is 0.650. The van der Waals surface area contributed by atoms with Gasteiger partial charge < -0.3 is 24.8 Å². The predicted octanol–water partition coefficient (Wildman–Crippen LogP) is 1.42. The van der Waals surface area contributed by atoms with Crippen LogP contribution in [0.4, 0.5) is 5.69 Å². The largest absolute Gasteiger partial charge is 0.490 e. The van der Waals surface area contributed by atoms with Crippen LogP contribution in [-0.2, 0) is 4.79 Å². The highest BCUT2D eigenvalue weighted by molar-refractivity contribution is 5.82. The summed E-state index contributed by atoms with van der Waals surface area (Å²) in [6, 6.07) is 8.25. The molecule has 0 aromatic heterocycles. The van der Waals surface area contributed by atoms with E-state index in [1.165, 1.54) is 6.42 Å². The van der Waals surface area contributed by atoms with E-state index in [1.807, 2.05) is 31.1 Å². The van der Waals surface area contributed by atoms with Crippen molar-refractivity contribution in [2.24, 2.45) is 0 Å². The molecule has 2 aliphatic heterocycles. The van der Waals surface area contributed by atoms with E-state index in [9.17, 15) is 4.79 Å². The average molecular weight is 361 g/mol. The maximum absolute atomic E-state index is 12.7. The third-order valence-corrected chi connectivity index (χ3v) is 5.20. The van der Waals surface area contributed by atoms with Crippen LogP contribution in [0.3, 0.4) is 0 Å². The highest BCUT2D eigenvalue weighted by Gasteiger charge is 2.28. The lowest BCUT2D eigenvalue weighted by Gasteiger charge is -2.38. The fourth-order valence-electron chi connectivity index (χ4n) is 3.63. The molecule has 6 nitrogen and oxygen atoms in total. The Balaban J connectivity index is 1.55. The first-order valence-corrected chi connectivity index (χ1v) is 9.79. The normalized spacial score (nSPS) is 21.1. The second-order valence-electron chi connectivity index (χ2n) is 7.43. The Labute approximate surface area is 157 Å². The second-order valence-corrected chi connectivity index (χ2v) is 7.43. The van der Waals surface area contributed by atoms with Gasteiger partial charge in [0.05, 0.1) is 11.7 Å². The molecule has 0 bridgehead atoms. The summed E-state index contributed by atoms with van der Waals surface area (Å²) in [4.78, 5) is 19.2. The van der Waals surface area contributed by atoms with E-state index in [-0.39, 0.29) is 11.9 Å². The summed E-state index contributed by atoms with van der Waals surface area (Å²) in [7, 11) is 4.10. The van der Waals surface area contributed by atoms with Gasteiger partial charge in [-0.2, -0.15) is 0 Å². The van der Waals surface area contributed by atoms with Crippen LogP contribution < -0.4 is 15.0 Å². The van der Waals surface area contributed by atoms with E-state index in [4.69, 9.17) is 4.74 Å². The van der Waals surface area contributed by atoms with Crippen LogP contribution >= 0.6 is 0 Å². The van der Waals surface area contributed by atoms with Crippen molar-refractivity contribution >= 4 is 11.6 Å². The van der Waals surface area contributed by atoms with Gasteiger partial charge in [-0.15, -0.1) is 0 Å². The van der Waals surface area contributed by atoms with Gasteiger partial charge in [0, 0.05) is 32.7 Å². The number of ether oxygens (including phenoxy) is 1. The minimum absolute atomic E-state index is 0.0250. The predicted molar refractivity (Wildman–Crippen MR) is 105 cm³/mol. The van der Waals surface area contributed by atoms with Crippen molar-refractivity contribution < 1.29 is 9.53 Å². The summed E-state index contributed by atoms with van der Waals surface area (Å²) < 4.78 is 6.00. The van der Waals surface area contributed by atoms with Gasteiger partial charge in [-0.05, 0) is 45.6 Å². The summed E-state index contributed by atoms with van der Waals surface area (Å²) in [5.74, 6) is 1.21. The Morgan fingerprint density at radius 1 is 1.19 bits per heavy atom. The molecule has 0 aliphatic carbocycles. The summed E-state index contributed by atoms with van der Waals surface area (Å²) in [5.41, 5.74) is 1.13. The van der Waals surface area contributed by atoms with E-state index in [0.29, 0.717) is 6.61 Å². The molecule has 144 valence electrons. The van der Waals surface area contributed by atoms with Crippen molar-refractivity contribution in [1.82, 2.24) is 15.1 Å². The Kier molecular flexibility index (Phi) is 6.74. The Hall–Kier alpha value is -1.79. The number of piperazine rings is 1. The molecule has 3 rings (SSSR count). The highest BCUT2D eigenvalue weighted by Crippen LogP contribution is 2.29. The van der Waals surface area contributed by atoms with Crippen LogP contribution in [0.15, 0.2) is 24.3 Å². The molecule has 26 heavy (non-hydrogen) atoms. The lowest BCUT2D eigenvalue weighted by Crippen LogP contribution is -2.55. The van der Waals surface area contributed by atoms with Crippen molar-refractivity contribution in [2.45, 2.75) is 25.3 Å². The number of hydrogen-bond acceptors (Lipinski definition) is 5. The number of nitrogens with zero attached hydrogens (tertiary/aromatic N) is 3. The Bertz CT molecular complexity index is 579. The zero-order chi connectivity index (χ0) is 18.4. The molecule has 1 aromatic rings. The quantitative estimate of drug-likeness (QED) is 0.831. The van der Waals surface area contributed by atoms with Crippen LogP contribution in [0.2, 0.25) is 0 Å². The zero-order valence-electron chi connectivity index (χ0n) is 16.1. The molecule has 1 atom stereocenters. The molecular formula is C20H32N4O2. The van der Waals surface area contributed by atoms with Gasteiger partial charge in [0.1, 0.15) is 12.4 Å². The molecule has 1 amide bonds. The molecule has 0 unspecified atom stereocenters. The lowest BCUT2D eigenvalue weighted by atomic mass is 10.0. The average Bonchev–Trinajstić information content (AvgIpc) is 2.68. The molecule has 1 N–H and O–H groups in total. The van der Waals surface area contributed by atoms with Gasteiger partial charge in [-0.25, -0.2) is 0 Å². The SMILES string of the molecule is CN(C)CCOc1ccccc1N1CCN(C(=O)[C@H]2CCCCN2)CC1. The van der Waals surface area contributed by atoms with Crippen LogP contribution in [0.5, 0.6) is 5.75 Å². The number of amides is 1. The van der Waals surface area contributed by atoms with Crippen LogP contribution in [0.25, 0.3) is 0 Å². The molecule has 2 aliphatic rings. The number of nitrogens with one attached hydrogen (secondary N) is 1. The molecule has 2 saturated heterocycles. The summed E-state index contributed by atoms with van der Waals surface area (Å²) in [6.45, 7) is 5.81. The minimum atomic E-state index is 0.0250. The number of benzene rings is 1. The Morgan fingerprint density at radius 2 is 1.96 bits per heavy atom. The first-order valence-electron chi connectivity index (χ1n) is 9.79. The fourth-order valence-corrected chi connectivity index (χ4v) is 3.63. The first kappa shape index (κ1) is 19.0. The summed E-state index contributed by atoms with van der Waals surface area (Å²) in [5, 5.41) is 3.37. The molecular weight excluding hydrogens is 328 g/mol. The lowest BCUT2D eigenvalue weighted by molar-refractivity contribution is -0.134. The van der Waals surface area contributed by atoms with Gasteiger partial charge in [0.25, 0.3) is 0 Å². The number of likely N-dealkylation sites (N-methyl/N-ethyl adjacent to an activating group) is 1. The summed E-state index contributed by atoms with van der Waals surface area (Å²) in [6.07, 6.45) is 3.31. The number of carbonyl (C=O) groups excluding carboxylic acids is 1. The first-order chi connectivity index (χ1) is 12.6. The molecule has 0 spiro atoms. The van der Waals surface area contributed by atoms with E-state index < -0.39 is 0 Å². The molecule has 0 radical (unpaired) electrons. The number of rotatable bonds is 6. The smallest absolute Gasteiger partial charge is 0.239 e. The van der Waals surface area contributed by atoms with E-state index in [1.54, 1.807) is 0 Å². The van der Waals surface area contributed by atoms with Crippen molar-refractivity contribution in [3.8, 4) is 5.75 Å². The number of piperidine rings is 1. The summed E-state index contributed by atoms with van der Waals surface area (Å²) >= 11 is 0. The van der Waals surface area contributed by atoms with Crippen LogP contribution in [0.1, 0.15) is 19.3 Å². The van der Waals surface area contributed by atoms with Crippen molar-refractivity contribution in [3.63, 3.8) is 0 Å². The molecule has 0 saturated carbocycles. The van der Waals surface area contributed by atoms with E-state index in [0.717, 1.165) is 63.5 Å². The van der Waals surface area contributed by atoms with E-state index >= 15 is 0 Å². The maximum atomic E-state index is 12.7. The van der Waals surface area contributed by atoms with Crippen LogP contribution in [0, 0.1) is 0 Å². The van der Waals surface area contributed by atoms with E-state index in [2.05, 4.69) is 27.2 Å². The van der Waals surface area contributed by atoms with Crippen molar-refractivity contribution in [1.29, 1.82) is 0 Å². The third-order valence-electron chi connectivity index (χ3n) is 5.20. The standard InChI is InChI=1S/C20H32N4O2/c1-22(2)15-16-26-19-9-4-3-8-18(19)23-11-13-24(14-12-23)20(25)17-7-5-6-10-21-17/h3-4,8-9,17,21H,5-7,10-16H2,1-2H3/t17-/m1/s1. The van der Waals surface area contributed by atoms with Crippen molar-refractivity contribution in [2.75, 3.05) is 64.9 Å².